The molecule has 0 saturated heterocycles. The summed E-state index contributed by atoms with van der Waals surface area (Å²) in [7, 11) is 0. The summed E-state index contributed by atoms with van der Waals surface area (Å²) >= 11 is 3.29. The molecule has 1 unspecified atom stereocenters. The molecule has 0 radical (unpaired) electrons. The summed E-state index contributed by atoms with van der Waals surface area (Å²) in [4.78, 5) is 0. The molecule has 0 amide bonds. The van der Waals surface area contributed by atoms with Crippen LogP contribution in [0.4, 0.5) is 0 Å². The molecule has 0 aliphatic heterocycles. The zero-order valence-electron chi connectivity index (χ0n) is 10.2. The Bertz CT molecular complexity index is 510. The molecule has 0 saturated carbocycles. The first-order chi connectivity index (χ1) is 8.70. The molecule has 0 aliphatic rings. The Morgan fingerprint density at radius 2 is 2.06 bits per heavy atom. The zero-order valence-corrected chi connectivity index (χ0v) is 11.8. The number of rotatable bonds is 5. The molecular formula is C14H16BrNO2. The molecule has 4 heteroatoms. The molecule has 0 aliphatic carbocycles. The third kappa shape index (κ3) is 3.15. The highest BCUT2D eigenvalue weighted by Crippen LogP contribution is 2.23. The van der Waals surface area contributed by atoms with Crippen LogP contribution in [-0.4, -0.2) is 13.2 Å². The van der Waals surface area contributed by atoms with Crippen molar-refractivity contribution in [2.24, 2.45) is 5.73 Å². The van der Waals surface area contributed by atoms with Crippen molar-refractivity contribution in [3.8, 4) is 5.75 Å². The van der Waals surface area contributed by atoms with E-state index >= 15 is 0 Å². The van der Waals surface area contributed by atoms with Crippen molar-refractivity contribution in [2.75, 3.05) is 13.2 Å². The summed E-state index contributed by atoms with van der Waals surface area (Å²) in [5, 5.41) is 0. The molecule has 2 aromatic rings. The van der Waals surface area contributed by atoms with Gasteiger partial charge in [0.1, 0.15) is 11.5 Å². The van der Waals surface area contributed by atoms with E-state index in [0.29, 0.717) is 17.8 Å². The fraction of sp³-hybridized carbons (Fsp3) is 0.286. The Morgan fingerprint density at radius 3 is 2.67 bits per heavy atom. The summed E-state index contributed by atoms with van der Waals surface area (Å²) in [6, 6.07) is 11.7. The van der Waals surface area contributed by atoms with Gasteiger partial charge in [-0.05, 0) is 46.6 Å². The third-order valence-electron chi connectivity index (χ3n) is 2.81. The first-order valence-corrected chi connectivity index (χ1v) is 6.63. The molecular weight excluding hydrogens is 294 g/mol. The second-order valence-electron chi connectivity index (χ2n) is 4.15. The molecule has 0 bridgehead atoms. The molecule has 1 aromatic carbocycles. The van der Waals surface area contributed by atoms with Crippen LogP contribution in [0.3, 0.4) is 0 Å². The van der Waals surface area contributed by atoms with E-state index < -0.39 is 0 Å². The second kappa shape index (κ2) is 6.07. The predicted molar refractivity (Wildman–Crippen MR) is 74.9 cm³/mol. The van der Waals surface area contributed by atoms with Gasteiger partial charge in [0.15, 0.2) is 4.67 Å². The largest absolute Gasteiger partial charge is 0.493 e. The molecule has 1 atom stereocenters. The molecule has 0 spiro atoms. The van der Waals surface area contributed by atoms with Crippen LogP contribution in [0.2, 0.25) is 0 Å². The minimum atomic E-state index is 0.0657. The molecule has 0 fully saturated rings. The zero-order chi connectivity index (χ0) is 13.0. The highest BCUT2D eigenvalue weighted by atomic mass is 79.9. The van der Waals surface area contributed by atoms with Crippen molar-refractivity contribution in [2.45, 2.75) is 12.8 Å². The van der Waals surface area contributed by atoms with E-state index in [-0.39, 0.29) is 5.92 Å². The number of para-hydroxylation sites is 1. The summed E-state index contributed by atoms with van der Waals surface area (Å²) in [6.45, 7) is 3.03. The molecule has 3 nitrogen and oxygen atoms in total. The maximum atomic E-state index is 5.80. The van der Waals surface area contributed by atoms with E-state index in [1.165, 1.54) is 0 Å². The highest BCUT2D eigenvalue weighted by Gasteiger charge is 2.15. The quantitative estimate of drug-likeness (QED) is 0.920. The smallest absolute Gasteiger partial charge is 0.169 e. The van der Waals surface area contributed by atoms with Gasteiger partial charge in [0.05, 0.1) is 12.5 Å². The van der Waals surface area contributed by atoms with Gasteiger partial charge in [0, 0.05) is 6.54 Å². The highest BCUT2D eigenvalue weighted by molar-refractivity contribution is 9.10. The monoisotopic (exact) mass is 309 g/mol. The Hall–Kier alpha value is -1.26. The Balaban J connectivity index is 2.02. The van der Waals surface area contributed by atoms with Crippen LogP contribution in [0, 0.1) is 6.92 Å². The van der Waals surface area contributed by atoms with Gasteiger partial charge in [0.2, 0.25) is 0 Å². The lowest BCUT2D eigenvalue weighted by Crippen LogP contribution is -2.19. The van der Waals surface area contributed by atoms with E-state index in [4.69, 9.17) is 14.9 Å². The maximum absolute atomic E-state index is 5.80. The summed E-state index contributed by atoms with van der Waals surface area (Å²) in [6.07, 6.45) is 0. The van der Waals surface area contributed by atoms with Gasteiger partial charge in [-0.2, -0.15) is 0 Å². The number of hydrogen-bond donors (Lipinski definition) is 1. The van der Waals surface area contributed by atoms with E-state index in [2.05, 4.69) is 15.9 Å². The van der Waals surface area contributed by atoms with E-state index in [9.17, 15) is 0 Å². The number of halogens is 1. The molecule has 96 valence electrons. The van der Waals surface area contributed by atoms with Crippen molar-refractivity contribution in [1.29, 1.82) is 0 Å². The molecule has 18 heavy (non-hydrogen) atoms. The van der Waals surface area contributed by atoms with Gasteiger partial charge >= 0.3 is 0 Å². The lowest BCUT2D eigenvalue weighted by molar-refractivity contribution is 0.269. The van der Waals surface area contributed by atoms with Crippen LogP contribution >= 0.6 is 15.9 Å². The average Bonchev–Trinajstić information content (AvgIpc) is 2.79. The van der Waals surface area contributed by atoms with E-state index in [1.54, 1.807) is 0 Å². The number of nitrogens with two attached hydrogens (primary N) is 1. The van der Waals surface area contributed by atoms with Crippen LogP contribution in [0.5, 0.6) is 5.75 Å². The predicted octanol–water partition coefficient (Wildman–Crippen LogP) is 3.47. The number of hydrogen-bond acceptors (Lipinski definition) is 3. The second-order valence-corrected chi connectivity index (χ2v) is 4.93. The fourth-order valence-electron chi connectivity index (χ4n) is 1.72. The third-order valence-corrected chi connectivity index (χ3v) is 3.24. The van der Waals surface area contributed by atoms with Crippen LogP contribution in [0.1, 0.15) is 17.2 Å². The van der Waals surface area contributed by atoms with Gasteiger partial charge in [-0.15, -0.1) is 0 Å². The fourth-order valence-corrected chi connectivity index (χ4v) is 2.04. The normalized spacial score (nSPS) is 12.4. The number of aryl methyl sites for hydroxylation is 1. The van der Waals surface area contributed by atoms with Crippen molar-refractivity contribution < 1.29 is 9.15 Å². The Kier molecular flexibility index (Phi) is 4.44. The van der Waals surface area contributed by atoms with Crippen molar-refractivity contribution in [1.82, 2.24) is 0 Å². The molecule has 1 aromatic heterocycles. The number of benzene rings is 1. The first-order valence-electron chi connectivity index (χ1n) is 5.84. The van der Waals surface area contributed by atoms with Gasteiger partial charge in [-0.25, -0.2) is 0 Å². The summed E-state index contributed by atoms with van der Waals surface area (Å²) in [5.74, 6) is 1.80. The van der Waals surface area contributed by atoms with Gasteiger partial charge in [-0.1, -0.05) is 18.2 Å². The van der Waals surface area contributed by atoms with E-state index in [0.717, 1.165) is 17.1 Å². The first kappa shape index (κ1) is 13.2. The lowest BCUT2D eigenvalue weighted by atomic mass is 10.1. The minimum absolute atomic E-state index is 0.0657. The number of furan rings is 1. The average molecular weight is 310 g/mol. The van der Waals surface area contributed by atoms with Gasteiger partial charge in [-0.3, -0.25) is 0 Å². The minimum Gasteiger partial charge on any atom is -0.493 e. The maximum Gasteiger partial charge on any atom is 0.169 e. The molecule has 2 N–H and O–H groups in total. The summed E-state index contributed by atoms with van der Waals surface area (Å²) < 4.78 is 12.0. The van der Waals surface area contributed by atoms with Gasteiger partial charge < -0.3 is 14.9 Å². The van der Waals surface area contributed by atoms with Crippen molar-refractivity contribution >= 4 is 15.9 Å². The summed E-state index contributed by atoms with van der Waals surface area (Å²) in [5.41, 5.74) is 6.88. The van der Waals surface area contributed by atoms with Crippen LogP contribution in [0.15, 0.2) is 45.5 Å². The molecule has 1 heterocycles. The lowest BCUT2D eigenvalue weighted by Gasteiger charge is -2.14. The van der Waals surface area contributed by atoms with Crippen molar-refractivity contribution in [3.63, 3.8) is 0 Å². The molecule has 2 rings (SSSR count). The SMILES string of the molecule is Cc1ccccc1OCC(CN)c1ccc(Br)o1. The Labute approximate surface area is 115 Å². The Morgan fingerprint density at radius 1 is 1.28 bits per heavy atom. The van der Waals surface area contributed by atoms with Crippen LogP contribution < -0.4 is 10.5 Å². The van der Waals surface area contributed by atoms with Crippen LogP contribution in [-0.2, 0) is 0 Å². The number of ether oxygens (including phenoxy) is 1. The van der Waals surface area contributed by atoms with Crippen molar-refractivity contribution in [3.05, 3.63) is 52.4 Å². The van der Waals surface area contributed by atoms with Gasteiger partial charge in [0.25, 0.3) is 0 Å². The van der Waals surface area contributed by atoms with Crippen LogP contribution in [0.25, 0.3) is 0 Å². The standard InChI is InChI=1S/C14H16BrNO2/c1-10-4-2-3-5-12(10)17-9-11(8-16)13-6-7-14(15)18-13/h2-7,11H,8-9,16H2,1H3. The van der Waals surface area contributed by atoms with E-state index in [1.807, 2.05) is 43.3 Å². The topological polar surface area (TPSA) is 48.4 Å².